The number of thioether (sulfide) groups is 1. The van der Waals surface area contributed by atoms with Gasteiger partial charge in [-0.2, -0.15) is 0 Å². The minimum atomic E-state index is -0.455. The van der Waals surface area contributed by atoms with Crippen LogP contribution in [-0.4, -0.2) is 44.2 Å². The Morgan fingerprint density at radius 1 is 0.925 bits per heavy atom. The summed E-state index contributed by atoms with van der Waals surface area (Å²) in [6.07, 6.45) is 5.69. The molecule has 0 aliphatic carbocycles. The van der Waals surface area contributed by atoms with Gasteiger partial charge in [-0.3, -0.25) is 4.57 Å². The lowest BCUT2D eigenvalue weighted by Crippen LogP contribution is -2.23. The van der Waals surface area contributed by atoms with E-state index in [9.17, 15) is 9.50 Å². The predicted molar refractivity (Wildman–Crippen MR) is 155 cm³/mol. The zero-order chi connectivity index (χ0) is 28.3. The lowest BCUT2D eigenvalue weighted by molar-refractivity contribution is 0.353. The van der Waals surface area contributed by atoms with Crippen molar-refractivity contribution in [3.63, 3.8) is 0 Å². The quantitative estimate of drug-likeness (QED) is 0.192. The molecule has 0 fully saturated rings. The Balaban J connectivity index is 1.42. The Bertz CT molecular complexity index is 1590. The maximum Gasteiger partial charge on any atom is 0.172 e. The van der Waals surface area contributed by atoms with Gasteiger partial charge in [0.05, 0.1) is 38.1 Å². The molecule has 0 amide bonds. The van der Waals surface area contributed by atoms with Crippen molar-refractivity contribution in [3.05, 3.63) is 103 Å². The summed E-state index contributed by atoms with van der Waals surface area (Å²) in [4.78, 5) is 9.31. The molecule has 0 radical (unpaired) electrons. The molecule has 5 aromatic rings. The van der Waals surface area contributed by atoms with Crippen LogP contribution in [0.1, 0.15) is 25.1 Å². The molecule has 2 heterocycles. The summed E-state index contributed by atoms with van der Waals surface area (Å²) < 4.78 is 29.0. The monoisotopic (exact) mass is 558 g/mol. The van der Waals surface area contributed by atoms with Crippen LogP contribution in [-0.2, 0) is 12.0 Å². The van der Waals surface area contributed by atoms with Crippen LogP contribution in [0.5, 0.6) is 17.2 Å². The van der Waals surface area contributed by atoms with Crippen molar-refractivity contribution in [2.45, 2.75) is 31.0 Å². The van der Waals surface area contributed by atoms with Crippen molar-refractivity contribution in [2.75, 3.05) is 20.0 Å². The van der Waals surface area contributed by atoms with Crippen molar-refractivity contribution in [3.8, 4) is 34.2 Å². The Kier molecular flexibility index (Phi) is 7.84. The molecule has 0 bridgehead atoms. The number of imidazole rings is 2. The fraction of sp³-hybridized carbons (Fsp3) is 0.226. The summed E-state index contributed by atoms with van der Waals surface area (Å²) in [5, 5.41) is 10.4. The van der Waals surface area contributed by atoms with Crippen LogP contribution in [0, 0.1) is 5.82 Å². The number of aromatic nitrogens is 4. The highest BCUT2D eigenvalue weighted by molar-refractivity contribution is 7.99. The van der Waals surface area contributed by atoms with Crippen molar-refractivity contribution in [1.29, 1.82) is 0 Å². The van der Waals surface area contributed by atoms with Crippen LogP contribution < -0.4 is 9.47 Å². The van der Waals surface area contributed by atoms with Crippen molar-refractivity contribution >= 4 is 11.8 Å². The summed E-state index contributed by atoms with van der Waals surface area (Å²) >= 11 is 1.63. The van der Waals surface area contributed by atoms with Gasteiger partial charge >= 0.3 is 0 Å². The van der Waals surface area contributed by atoms with Gasteiger partial charge in [0, 0.05) is 35.2 Å². The number of ether oxygens (including phenoxy) is 2. The SMILES string of the molecule is COc1ccc(C(C)(C)c2cnc(SCCn3cnc(-c4ccc(O)cc4)c3)n2-c2ccc(F)cc2)cc1OC. The maximum absolute atomic E-state index is 13.8. The van der Waals surface area contributed by atoms with Gasteiger partial charge in [0.25, 0.3) is 0 Å². The highest BCUT2D eigenvalue weighted by Gasteiger charge is 2.30. The molecule has 0 atom stereocenters. The number of aryl methyl sites for hydroxylation is 1. The first-order chi connectivity index (χ1) is 19.3. The number of benzene rings is 3. The minimum absolute atomic E-state index is 0.227. The van der Waals surface area contributed by atoms with Gasteiger partial charge < -0.3 is 19.1 Å². The van der Waals surface area contributed by atoms with Crippen LogP contribution in [0.2, 0.25) is 0 Å². The number of phenols is 1. The Hall–Kier alpha value is -4.24. The molecule has 1 N–H and O–H groups in total. The van der Waals surface area contributed by atoms with Gasteiger partial charge in [0.15, 0.2) is 16.7 Å². The zero-order valence-electron chi connectivity index (χ0n) is 22.8. The van der Waals surface area contributed by atoms with E-state index in [1.807, 2.05) is 47.3 Å². The van der Waals surface area contributed by atoms with E-state index in [-0.39, 0.29) is 11.6 Å². The van der Waals surface area contributed by atoms with Crippen LogP contribution in [0.15, 0.2) is 90.6 Å². The number of rotatable bonds is 10. The third-order valence-corrected chi connectivity index (χ3v) is 7.87. The topological polar surface area (TPSA) is 74.3 Å². The molecule has 0 unspecified atom stereocenters. The predicted octanol–water partition coefficient (Wildman–Crippen LogP) is 6.72. The second kappa shape index (κ2) is 11.5. The second-order valence-electron chi connectivity index (χ2n) is 9.82. The first kappa shape index (κ1) is 27.3. The summed E-state index contributed by atoms with van der Waals surface area (Å²) in [7, 11) is 3.24. The Morgan fingerprint density at radius 2 is 1.65 bits per heavy atom. The molecule has 0 saturated heterocycles. The highest BCUT2D eigenvalue weighted by Crippen LogP contribution is 2.39. The summed E-state index contributed by atoms with van der Waals surface area (Å²) in [5.74, 6) is 2.01. The van der Waals surface area contributed by atoms with Crippen LogP contribution in [0.3, 0.4) is 0 Å². The smallest absolute Gasteiger partial charge is 0.172 e. The molecule has 40 heavy (non-hydrogen) atoms. The van der Waals surface area contributed by atoms with E-state index in [2.05, 4.69) is 23.4 Å². The lowest BCUT2D eigenvalue weighted by Gasteiger charge is -2.28. The van der Waals surface area contributed by atoms with Gasteiger partial charge in [-0.1, -0.05) is 31.7 Å². The molecule has 7 nitrogen and oxygen atoms in total. The number of methoxy groups -OCH3 is 2. The third kappa shape index (κ3) is 5.56. The van der Waals surface area contributed by atoms with Crippen LogP contribution in [0.4, 0.5) is 4.39 Å². The molecule has 0 aliphatic heterocycles. The van der Waals surface area contributed by atoms with Gasteiger partial charge in [0.1, 0.15) is 11.6 Å². The first-order valence-electron chi connectivity index (χ1n) is 12.8. The largest absolute Gasteiger partial charge is 0.508 e. The minimum Gasteiger partial charge on any atom is -0.508 e. The Morgan fingerprint density at radius 3 is 2.35 bits per heavy atom. The number of halogens is 1. The van der Waals surface area contributed by atoms with Crippen LogP contribution >= 0.6 is 11.8 Å². The van der Waals surface area contributed by atoms with E-state index in [4.69, 9.17) is 14.5 Å². The molecule has 0 aliphatic rings. The summed E-state index contributed by atoms with van der Waals surface area (Å²) in [6, 6.07) is 19.4. The van der Waals surface area contributed by atoms with E-state index in [1.54, 1.807) is 56.6 Å². The van der Waals surface area contributed by atoms with E-state index < -0.39 is 5.41 Å². The van der Waals surface area contributed by atoms with Crippen molar-refractivity contribution < 1.29 is 19.0 Å². The number of hydrogen-bond acceptors (Lipinski definition) is 6. The molecule has 0 spiro atoms. The van der Waals surface area contributed by atoms with E-state index >= 15 is 0 Å². The van der Waals surface area contributed by atoms with E-state index in [1.165, 1.54) is 12.1 Å². The molecule has 9 heteroatoms. The second-order valence-corrected chi connectivity index (χ2v) is 10.9. The molecule has 0 saturated carbocycles. The number of phenolic OH excluding ortho intramolecular Hbond substituents is 1. The average molecular weight is 559 g/mol. The van der Waals surface area contributed by atoms with Gasteiger partial charge in [-0.05, 0) is 66.2 Å². The normalized spacial score (nSPS) is 11.5. The van der Waals surface area contributed by atoms with E-state index in [0.29, 0.717) is 11.5 Å². The molecule has 3 aromatic carbocycles. The van der Waals surface area contributed by atoms with Gasteiger partial charge in [-0.25, -0.2) is 14.4 Å². The number of aromatic hydroxyl groups is 1. The Labute approximate surface area is 237 Å². The molecule has 206 valence electrons. The van der Waals surface area contributed by atoms with Gasteiger partial charge in [-0.15, -0.1) is 0 Å². The highest BCUT2D eigenvalue weighted by atomic mass is 32.2. The molecule has 5 rings (SSSR count). The number of hydrogen-bond donors (Lipinski definition) is 1. The zero-order valence-corrected chi connectivity index (χ0v) is 23.7. The lowest BCUT2D eigenvalue weighted by atomic mass is 9.81. The van der Waals surface area contributed by atoms with Crippen LogP contribution in [0.25, 0.3) is 16.9 Å². The standard InChI is InChI=1S/C31H31FN4O3S/c1-31(2,22-7-14-27(38-3)28(17-22)39-4)29-18-33-30(36(29)24-10-8-23(32)9-11-24)40-16-15-35-19-26(34-20-35)21-5-12-25(37)13-6-21/h5-14,17-20,37H,15-16H2,1-4H3. The summed E-state index contributed by atoms with van der Waals surface area (Å²) in [5.41, 5.74) is 4.16. The fourth-order valence-electron chi connectivity index (χ4n) is 4.60. The average Bonchev–Trinajstić information content (AvgIpc) is 3.61. The molecule has 2 aromatic heterocycles. The molecular formula is C31H31FN4O3S. The van der Waals surface area contributed by atoms with Crippen molar-refractivity contribution in [1.82, 2.24) is 19.1 Å². The van der Waals surface area contributed by atoms with Crippen molar-refractivity contribution in [2.24, 2.45) is 0 Å². The fourth-order valence-corrected chi connectivity index (χ4v) is 5.54. The first-order valence-corrected chi connectivity index (χ1v) is 13.8. The molecular weight excluding hydrogens is 527 g/mol. The van der Waals surface area contributed by atoms with E-state index in [0.717, 1.165) is 45.7 Å². The third-order valence-electron chi connectivity index (χ3n) is 6.94. The number of nitrogens with zero attached hydrogens (tertiary/aromatic N) is 4. The summed E-state index contributed by atoms with van der Waals surface area (Å²) in [6.45, 7) is 4.99. The van der Waals surface area contributed by atoms with Gasteiger partial charge in [0.2, 0.25) is 0 Å². The maximum atomic E-state index is 13.8.